The predicted octanol–water partition coefficient (Wildman–Crippen LogP) is 16.5. The van der Waals surface area contributed by atoms with E-state index >= 15 is 0 Å². The lowest BCUT2D eigenvalue weighted by Crippen LogP contribution is -2.27. The van der Waals surface area contributed by atoms with Crippen LogP contribution in [0.2, 0.25) is 0 Å². The first-order valence-electron chi connectivity index (χ1n) is 24.5. The van der Waals surface area contributed by atoms with Gasteiger partial charge in [-0.05, 0) is 83.5 Å². The molecule has 0 aliphatic rings. The van der Waals surface area contributed by atoms with E-state index in [4.69, 9.17) is 9.47 Å². The van der Waals surface area contributed by atoms with Gasteiger partial charge in [0.25, 0.3) is 0 Å². The van der Waals surface area contributed by atoms with Crippen LogP contribution in [-0.4, -0.2) is 37.0 Å². The molecule has 4 nitrogen and oxygen atoms in total. The number of aliphatic hydroxyl groups excluding tert-OH is 1. The summed E-state index contributed by atoms with van der Waals surface area (Å²) in [5.74, 6) is -0.206. The molecule has 0 aliphatic carbocycles. The van der Waals surface area contributed by atoms with Crippen LogP contribution in [0.15, 0.2) is 72.9 Å². The number of allylic oxidation sites excluding steroid dienone is 12. The third-order valence-electron chi connectivity index (χ3n) is 10.5. The lowest BCUT2D eigenvalue weighted by molar-refractivity contribution is -0.154. The number of rotatable bonds is 45. The van der Waals surface area contributed by atoms with Crippen molar-refractivity contribution in [2.45, 2.75) is 238 Å². The zero-order valence-corrected chi connectivity index (χ0v) is 37.8. The van der Waals surface area contributed by atoms with E-state index in [1.54, 1.807) is 0 Å². The van der Waals surface area contributed by atoms with Crippen molar-refractivity contribution in [1.29, 1.82) is 0 Å². The average molecular weight is 795 g/mol. The van der Waals surface area contributed by atoms with Gasteiger partial charge in [-0.3, -0.25) is 4.79 Å². The molecule has 1 unspecified atom stereocenters. The number of hydrogen-bond donors (Lipinski definition) is 1. The molecule has 330 valence electrons. The van der Waals surface area contributed by atoms with Crippen LogP contribution >= 0.6 is 0 Å². The van der Waals surface area contributed by atoms with Crippen molar-refractivity contribution in [2.24, 2.45) is 0 Å². The zero-order valence-electron chi connectivity index (χ0n) is 37.8. The molecule has 0 rings (SSSR count). The summed E-state index contributed by atoms with van der Waals surface area (Å²) in [5.41, 5.74) is 0. The van der Waals surface area contributed by atoms with E-state index in [9.17, 15) is 9.90 Å². The standard InChI is InChI=1S/C53H94O4/c1-3-5-7-9-11-13-15-17-19-21-23-25-26-27-29-31-33-35-37-39-41-43-45-47-49-56-51-52(50-54)57-53(55)48-46-44-42-40-38-36-34-32-30-28-24-22-20-18-16-14-12-10-8-6-4-2/h5,7,11,13,16-19,22-25,52,54H,3-4,6,8-10,12,14-15,20-21,26-51H2,1-2H3/b7-5-,13-11-,18-16-,19-17-,24-22-,25-23-. The second-order valence-corrected chi connectivity index (χ2v) is 16.2. The maximum absolute atomic E-state index is 12.3. The van der Waals surface area contributed by atoms with Crippen molar-refractivity contribution < 1.29 is 19.4 Å². The summed E-state index contributed by atoms with van der Waals surface area (Å²) in [6, 6.07) is 0. The van der Waals surface area contributed by atoms with E-state index < -0.39 is 6.10 Å². The normalized spacial score (nSPS) is 13.0. The fourth-order valence-corrected chi connectivity index (χ4v) is 6.88. The molecule has 57 heavy (non-hydrogen) atoms. The number of ether oxygens (including phenoxy) is 2. The fraction of sp³-hybridized carbons (Fsp3) is 0.755. The monoisotopic (exact) mass is 795 g/mol. The maximum atomic E-state index is 12.3. The first kappa shape index (κ1) is 54.8. The van der Waals surface area contributed by atoms with E-state index in [-0.39, 0.29) is 12.6 Å². The molecule has 0 aromatic heterocycles. The molecule has 1 atom stereocenters. The molecule has 0 aromatic carbocycles. The maximum Gasteiger partial charge on any atom is 0.306 e. The molecule has 4 heteroatoms. The molecular formula is C53H94O4. The summed E-state index contributed by atoms with van der Waals surface area (Å²) in [6.45, 7) is 5.23. The first-order valence-corrected chi connectivity index (χ1v) is 24.5. The second-order valence-electron chi connectivity index (χ2n) is 16.2. The summed E-state index contributed by atoms with van der Waals surface area (Å²) < 4.78 is 11.2. The zero-order chi connectivity index (χ0) is 41.2. The highest BCUT2D eigenvalue weighted by atomic mass is 16.6. The van der Waals surface area contributed by atoms with Gasteiger partial charge in [-0.2, -0.15) is 0 Å². The number of carbonyl (C=O) groups excluding carboxylic acids is 1. The Bertz CT molecular complexity index is 973. The van der Waals surface area contributed by atoms with E-state index in [1.165, 1.54) is 161 Å². The third-order valence-corrected chi connectivity index (χ3v) is 10.5. The smallest absolute Gasteiger partial charge is 0.306 e. The Hall–Kier alpha value is -2.17. The van der Waals surface area contributed by atoms with Gasteiger partial charge in [0.2, 0.25) is 0 Å². The minimum atomic E-state index is -0.542. The minimum absolute atomic E-state index is 0.177. The van der Waals surface area contributed by atoms with Crippen molar-refractivity contribution in [3.05, 3.63) is 72.9 Å². The fourth-order valence-electron chi connectivity index (χ4n) is 6.88. The van der Waals surface area contributed by atoms with E-state index in [0.717, 1.165) is 51.4 Å². The topological polar surface area (TPSA) is 55.8 Å². The number of carbonyl (C=O) groups is 1. The van der Waals surface area contributed by atoms with Gasteiger partial charge in [-0.25, -0.2) is 0 Å². The first-order chi connectivity index (χ1) is 28.2. The Labute approximate surface area is 355 Å². The highest BCUT2D eigenvalue weighted by Gasteiger charge is 2.13. The number of esters is 1. The summed E-state index contributed by atoms with van der Waals surface area (Å²) in [4.78, 5) is 12.3. The molecule has 0 aromatic rings. The SMILES string of the molecule is CC/C=C\C/C=C\C/C=C\C/C=C\CCCCCCCCCCCCCOCC(CO)OC(=O)CCCCCCCCCCC/C=C\C/C=C\CCCCCCC. The quantitative estimate of drug-likeness (QED) is 0.0379. The van der Waals surface area contributed by atoms with Crippen LogP contribution in [0.3, 0.4) is 0 Å². The highest BCUT2D eigenvalue weighted by molar-refractivity contribution is 5.69. The lowest BCUT2D eigenvalue weighted by atomic mass is 10.1. The Kier molecular flexibility index (Phi) is 48.1. The number of unbranched alkanes of at least 4 members (excludes halogenated alkanes) is 25. The third kappa shape index (κ3) is 48.1. The average Bonchev–Trinajstić information content (AvgIpc) is 3.22. The molecule has 0 bridgehead atoms. The van der Waals surface area contributed by atoms with Gasteiger partial charge in [0.1, 0.15) is 6.10 Å². The van der Waals surface area contributed by atoms with E-state index in [2.05, 4.69) is 86.8 Å². The molecule has 0 aliphatic heterocycles. The van der Waals surface area contributed by atoms with Crippen LogP contribution in [0.25, 0.3) is 0 Å². The van der Waals surface area contributed by atoms with Gasteiger partial charge in [-0.1, -0.05) is 215 Å². The predicted molar refractivity (Wildman–Crippen MR) is 251 cm³/mol. The van der Waals surface area contributed by atoms with Gasteiger partial charge in [-0.15, -0.1) is 0 Å². The molecule has 1 N–H and O–H groups in total. The van der Waals surface area contributed by atoms with Crippen LogP contribution in [-0.2, 0) is 14.3 Å². The second kappa shape index (κ2) is 50.0. The minimum Gasteiger partial charge on any atom is -0.457 e. The summed E-state index contributed by atoms with van der Waals surface area (Å²) in [5, 5.41) is 9.64. The van der Waals surface area contributed by atoms with Gasteiger partial charge in [0, 0.05) is 13.0 Å². The Morgan fingerprint density at radius 2 is 0.789 bits per heavy atom. The number of aliphatic hydroxyl groups is 1. The molecule has 0 fully saturated rings. The lowest BCUT2D eigenvalue weighted by Gasteiger charge is -2.16. The Morgan fingerprint density at radius 3 is 1.19 bits per heavy atom. The molecule has 0 radical (unpaired) electrons. The van der Waals surface area contributed by atoms with Gasteiger partial charge in [0.05, 0.1) is 13.2 Å². The number of hydrogen-bond acceptors (Lipinski definition) is 4. The Balaban J connectivity index is 3.44. The molecule has 0 spiro atoms. The molecule has 0 heterocycles. The van der Waals surface area contributed by atoms with Crippen LogP contribution in [0.4, 0.5) is 0 Å². The van der Waals surface area contributed by atoms with E-state index in [1.807, 2.05) is 0 Å². The summed E-state index contributed by atoms with van der Waals surface area (Å²) in [7, 11) is 0. The van der Waals surface area contributed by atoms with Crippen molar-refractivity contribution in [3.63, 3.8) is 0 Å². The van der Waals surface area contributed by atoms with Crippen LogP contribution < -0.4 is 0 Å². The molecule has 0 amide bonds. The molecular weight excluding hydrogens is 701 g/mol. The van der Waals surface area contributed by atoms with Crippen molar-refractivity contribution >= 4 is 5.97 Å². The molecule has 0 saturated heterocycles. The van der Waals surface area contributed by atoms with Crippen molar-refractivity contribution in [3.8, 4) is 0 Å². The summed E-state index contributed by atoms with van der Waals surface area (Å²) >= 11 is 0. The van der Waals surface area contributed by atoms with Crippen molar-refractivity contribution in [1.82, 2.24) is 0 Å². The van der Waals surface area contributed by atoms with Crippen LogP contribution in [0.1, 0.15) is 232 Å². The van der Waals surface area contributed by atoms with Gasteiger partial charge in [0.15, 0.2) is 0 Å². The molecule has 0 saturated carbocycles. The summed E-state index contributed by atoms with van der Waals surface area (Å²) in [6.07, 6.45) is 68.4. The van der Waals surface area contributed by atoms with Gasteiger partial charge < -0.3 is 14.6 Å². The highest BCUT2D eigenvalue weighted by Crippen LogP contribution is 2.14. The Morgan fingerprint density at radius 1 is 0.439 bits per heavy atom. The van der Waals surface area contributed by atoms with Crippen molar-refractivity contribution in [2.75, 3.05) is 19.8 Å². The van der Waals surface area contributed by atoms with E-state index in [0.29, 0.717) is 19.6 Å². The van der Waals surface area contributed by atoms with Crippen LogP contribution in [0, 0.1) is 0 Å². The van der Waals surface area contributed by atoms with Crippen LogP contribution in [0.5, 0.6) is 0 Å². The largest absolute Gasteiger partial charge is 0.457 e. The van der Waals surface area contributed by atoms with Gasteiger partial charge >= 0.3 is 5.97 Å².